The topological polar surface area (TPSA) is 120 Å². The molecular weight excluding hydrogens is 541 g/mol. The predicted octanol–water partition coefficient (Wildman–Crippen LogP) is 3.52. The van der Waals surface area contributed by atoms with Crippen LogP contribution in [0.3, 0.4) is 0 Å². The van der Waals surface area contributed by atoms with E-state index in [-0.39, 0.29) is 39.8 Å². The quantitative estimate of drug-likeness (QED) is 0.470. The van der Waals surface area contributed by atoms with Gasteiger partial charge in [0.15, 0.2) is 16.0 Å². The number of hydrogen-bond donors (Lipinski definition) is 1. The first-order valence-electron chi connectivity index (χ1n) is 10.4. The molecule has 3 aromatic rings. The lowest BCUT2D eigenvalue weighted by Gasteiger charge is -2.16. The molecule has 1 aromatic heterocycles. The minimum atomic E-state index is -4.95. The molecule has 1 aliphatic rings. The third-order valence-corrected chi connectivity index (χ3v) is 10.2. The van der Waals surface area contributed by atoms with E-state index in [0.29, 0.717) is 0 Å². The third kappa shape index (κ3) is 4.90. The molecular formula is C22H19F3N2O6S3. The molecule has 14 heteroatoms. The molecule has 4 rings (SSSR count). The average Bonchev–Trinajstić information content (AvgIpc) is 3.32. The first-order valence-corrected chi connectivity index (χ1v) is 14.5. The Balaban J connectivity index is 1.77. The molecule has 1 N–H and O–H groups in total. The van der Waals surface area contributed by atoms with E-state index < -0.39 is 52.0 Å². The Labute approximate surface area is 208 Å². The second-order valence-electron chi connectivity index (χ2n) is 7.77. The van der Waals surface area contributed by atoms with Crippen molar-refractivity contribution in [2.24, 2.45) is 0 Å². The SMILES string of the molecule is C[C@H](NS(=O)C(F)(F)F)c1ccc(S(=O)(=O)c2ccc3c(c2S(=O)(=O)c2ccccn2)CCO3)cc1. The van der Waals surface area contributed by atoms with Gasteiger partial charge in [-0.3, -0.25) is 0 Å². The molecule has 0 aliphatic carbocycles. The van der Waals surface area contributed by atoms with Crippen molar-refractivity contribution in [1.29, 1.82) is 0 Å². The number of alkyl halides is 3. The second kappa shape index (κ2) is 9.57. The molecule has 0 saturated heterocycles. The normalized spacial score (nSPS) is 15.7. The van der Waals surface area contributed by atoms with E-state index >= 15 is 0 Å². The monoisotopic (exact) mass is 560 g/mol. The largest absolute Gasteiger partial charge is 0.493 e. The fourth-order valence-electron chi connectivity index (χ4n) is 3.70. The van der Waals surface area contributed by atoms with E-state index in [0.717, 1.165) is 18.2 Å². The summed E-state index contributed by atoms with van der Waals surface area (Å²) in [4.78, 5) is 2.73. The van der Waals surface area contributed by atoms with Gasteiger partial charge in [-0.25, -0.2) is 30.8 Å². The molecule has 2 aromatic carbocycles. The number of nitrogens with one attached hydrogen (secondary N) is 1. The van der Waals surface area contributed by atoms with Crippen LogP contribution in [0.25, 0.3) is 0 Å². The Morgan fingerprint density at radius 2 is 1.69 bits per heavy atom. The van der Waals surface area contributed by atoms with Crippen molar-refractivity contribution in [2.75, 3.05) is 6.61 Å². The zero-order chi connectivity index (χ0) is 26.3. The van der Waals surface area contributed by atoms with Crippen molar-refractivity contribution in [3.05, 3.63) is 71.9 Å². The molecule has 1 aliphatic heterocycles. The van der Waals surface area contributed by atoms with Gasteiger partial charge >= 0.3 is 5.51 Å². The van der Waals surface area contributed by atoms with Crippen molar-refractivity contribution < 1.29 is 39.0 Å². The third-order valence-electron chi connectivity index (χ3n) is 5.45. The van der Waals surface area contributed by atoms with Crippen molar-refractivity contribution in [3.63, 3.8) is 0 Å². The Kier molecular flexibility index (Phi) is 6.98. The van der Waals surface area contributed by atoms with Gasteiger partial charge in [-0.1, -0.05) is 18.2 Å². The van der Waals surface area contributed by atoms with Gasteiger partial charge in [-0.15, -0.1) is 0 Å². The fraction of sp³-hybridized carbons (Fsp3) is 0.227. The summed E-state index contributed by atoms with van der Waals surface area (Å²) in [6, 6.07) is 10.6. The molecule has 0 radical (unpaired) electrons. The van der Waals surface area contributed by atoms with Gasteiger partial charge < -0.3 is 4.74 Å². The Hall–Kier alpha value is -2.81. The molecule has 0 spiro atoms. The molecule has 2 atom stereocenters. The number of pyridine rings is 1. The summed E-state index contributed by atoms with van der Waals surface area (Å²) in [5.41, 5.74) is -4.48. The van der Waals surface area contributed by atoms with Crippen LogP contribution in [-0.2, 0) is 37.1 Å². The zero-order valence-electron chi connectivity index (χ0n) is 18.5. The number of aromatic nitrogens is 1. The molecule has 192 valence electrons. The summed E-state index contributed by atoms with van der Waals surface area (Å²) >= 11 is 0. The van der Waals surface area contributed by atoms with E-state index in [1.54, 1.807) is 0 Å². The van der Waals surface area contributed by atoms with Gasteiger partial charge in [0.05, 0.1) is 21.3 Å². The lowest BCUT2D eigenvalue weighted by atomic mass is 10.1. The number of halogens is 3. The van der Waals surface area contributed by atoms with Crippen LogP contribution in [0.15, 0.2) is 80.5 Å². The van der Waals surface area contributed by atoms with Crippen LogP contribution in [0, 0.1) is 0 Å². The second-order valence-corrected chi connectivity index (χ2v) is 12.8. The highest BCUT2D eigenvalue weighted by molar-refractivity contribution is 7.94. The maximum Gasteiger partial charge on any atom is 0.485 e. The number of nitrogens with zero attached hydrogens (tertiary/aromatic N) is 1. The summed E-state index contributed by atoms with van der Waals surface area (Å²) in [6.45, 7) is 1.52. The molecule has 8 nitrogen and oxygen atoms in total. The van der Waals surface area contributed by atoms with Gasteiger partial charge in [-0.05, 0) is 48.9 Å². The van der Waals surface area contributed by atoms with Crippen molar-refractivity contribution >= 4 is 30.7 Å². The van der Waals surface area contributed by atoms with Crippen LogP contribution in [0.5, 0.6) is 5.75 Å². The molecule has 0 saturated carbocycles. The van der Waals surface area contributed by atoms with E-state index in [1.165, 1.54) is 49.5 Å². The van der Waals surface area contributed by atoms with E-state index in [4.69, 9.17) is 4.74 Å². The van der Waals surface area contributed by atoms with Crippen LogP contribution in [0.2, 0.25) is 0 Å². The van der Waals surface area contributed by atoms with Crippen molar-refractivity contribution in [1.82, 2.24) is 9.71 Å². The van der Waals surface area contributed by atoms with Crippen LogP contribution in [0.1, 0.15) is 24.1 Å². The molecule has 36 heavy (non-hydrogen) atoms. The van der Waals surface area contributed by atoms with E-state index in [9.17, 15) is 34.2 Å². The highest BCUT2D eigenvalue weighted by Gasteiger charge is 2.38. The van der Waals surface area contributed by atoms with Gasteiger partial charge in [0.2, 0.25) is 19.7 Å². The summed E-state index contributed by atoms with van der Waals surface area (Å²) in [6.07, 6.45) is 1.46. The van der Waals surface area contributed by atoms with Crippen LogP contribution in [-0.4, -0.2) is 38.1 Å². The molecule has 0 fully saturated rings. The lowest BCUT2D eigenvalue weighted by Crippen LogP contribution is -2.31. The Morgan fingerprint density at radius 3 is 2.31 bits per heavy atom. The van der Waals surface area contributed by atoms with Gasteiger partial charge in [0, 0.05) is 24.2 Å². The Bertz CT molecular complexity index is 1530. The summed E-state index contributed by atoms with van der Waals surface area (Å²) in [5, 5.41) is -0.324. The first-order chi connectivity index (χ1) is 16.8. The summed E-state index contributed by atoms with van der Waals surface area (Å²) in [5.74, 6) is 0.261. The maximum absolute atomic E-state index is 13.6. The minimum Gasteiger partial charge on any atom is -0.493 e. The highest BCUT2D eigenvalue weighted by atomic mass is 32.2. The number of benzene rings is 2. The summed E-state index contributed by atoms with van der Waals surface area (Å²) < 4.78 is 111. The smallest absolute Gasteiger partial charge is 0.485 e. The van der Waals surface area contributed by atoms with Gasteiger partial charge in [0.1, 0.15) is 5.75 Å². The number of rotatable bonds is 7. The predicted molar refractivity (Wildman–Crippen MR) is 123 cm³/mol. The van der Waals surface area contributed by atoms with Crippen LogP contribution < -0.4 is 9.46 Å². The molecule has 1 unspecified atom stereocenters. The minimum absolute atomic E-state index is 0.179. The highest BCUT2D eigenvalue weighted by Crippen LogP contribution is 2.40. The van der Waals surface area contributed by atoms with E-state index in [2.05, 4.69) is 4.98 Å². The van der Waals surface area contributed by atoms with Crippen molar-refractivity contribution in [3.8, 4) is 5.75 Å². The zero-order valence-corrected chi connectivity index (χ0v) is 21.0. The van der Waals surface area contributed by atoms with Gasteiger partial charge in [0.25, 0.3) is 0 Å². The standard InChI is InChI=1S/C22H19F3N2O6S3/c1-14(27-34(28)22(23,24)25)15-5-7-16(8-6-15)35(29,30)19-10-9-18-17(11-13-33-18)21(19)36(31,32)20-4-2-3-12-26-20/h2-10,12,14,27H,11,13H2,1H3/t14-,34?/m0/s1. The van der Waals surface area contributed by atoms with Crippen molar-refractivity contribution in [2.45, 2.75) is 44.6 Å². The van der Waals surface area contributed by atoms with Crippen LogP contribution >= 0.6 is 0 Å². The number of hydrogen-bond acceptors (Lipinski definition) is 7. The van der Waals surface area contributed by atoms with Crippen LogP contribution in [0.4, 0.5) is 13.2 Å². The summed E-state index contributed by atoms with van der Waals surface area (Å²) in [7, 11) is -12.1. The van der Waals surface area contributed by atoms with Gasteiger partial charge in [-0.2, -0.15) is 13.2 Å². The molecule has 0 bridgehead atoms. The molecule has 0 amide bonds. The van der Waals surface area contributed by atoms with E-state index in [1.807, 2.05) is 4.72 Å². The Morgan fingerprint density at radius 1 is 1.00 bits per heavy atom. The maximum atomic E-state index is 13.6. The first kappa shape index (κ1) is 26.3. The fourth-order valence-corrected chi connectivity index (χ4v) is 7.84. The number of sulfone groups is 2. The number of fused-ring (bicyclic) bond motifs is 1. The number of ether oxygens (including phenoxy) is 1. The molecule has 2 heterocycles. The lowest BCUT2D eigenvalue weighted by molar-refractivity contribution is -0.0396. The average molecular weight is 561 g/mol.